The first-order valence-electron chi connectivity index (χ1n) is 17.9. The average molecular weight is 729 g/mol. The normalized spacial score (nSPS) is 13.2. The monoisotopic (exact) mass is 728 g/mol. The fourth-order valence-electron chi connectivity index (χ4n) is 4.87. The second-order valence-electron chi connectivity index (χ2n) is 12.2. The predicted molar refractivity (Wildman–Crippen MR) is 199 cm³/mol. The summed E-state index contributed by atoms with van der Waals surface area (Å²) in [7, 11) is 0. The molecule has 0 fully saturated rings. The molecular formula is C38H56N4O8S. The highest BCUT2D eigenvalue weighted by Crippen LogP contribution is 2.09. The maximum Gasteiger partial charge on any atom is 0.408 e. The lowest BCUT2D eigenvalue weighted by molar-refractivity contribution is -0.148. The van der Waals surface area contributed by atoms with Crippen molar-refractivity contribution < 1.29 is 38.2 Å². The van der Waals surface area contributed by atoms with Crippen LogP contribution in [0, 0.1) is 0 Å². The van der Waals surface area contributed by atoms with Crippen molar-refractivity contribution in [3.05, 3.63) is 71.8 Å². The van der Waals surface area contributed by atoms with Crippen LogP contribution in [0.15, 0.2) is 60.7 Å². The van der Waals surface area contributed by atoms with Gasteiger partial charge in [-0.3, -0.25) is 14.4 Å². The van der Waals surface area contributed by atoms with Crippen molar-refractivity contribution in [1.82, 2.24) is 21.3 Å². The molecule has 0 saturated heterocycles. The highest BCUT2D eigenvalue weighted by Gasteiger charge is 2.32. The van der Waals surface area contributed by atoms with E-state index in [1.807, 2.05) is 87.7 Å². The second-order valence-corrected chi connectivity index (χ2v) is 13.1. The van der Waals surface area contributed by atoms with E-state index in [-0.39, 0.29) is 32.7 Å². The molecule has 0 aromatic heterocycles. The molecule has 0 aliphatic heterocycles. The lowest BCUT2D eigenvalue weighted by atomic mass is 10.0. The van der Waals surface area contributed by atoms with Gasteiger partial charge in [-0.1, -0.05) is 101 Å². The molecule has 282 valence electrons. The van der Waals surface area contributed by atoms with Crippen LogP contribution in [0.1, 0.15) is 76.8 Å². The Morgan fingerprint density at radius 2 is 1.20 bits per heavy atom. The van der Waals surface area contributed by atoms with E-state index in [1.165, 1.54) is 11.8 Å². The van der Waals surface area contributed by atoms with Gasteiger partial charge in [0.1, 0.15) is 30.8 Å². The molecular weight excluding hydrogens is 673 g/mol. The lowest BCUT2D eigenvalue weighted by Gasteiger charge is -2.26. The van der Waals surface area contributed by atoms with Crippen LogP contribution in [0.3, 0.4) is 0 Å². The first-order valence-corrected chi connectivity index (χ1v) is 19.3. The van der Waals surface area contributed by atoms with Crippen molar-refractivity contribution in [1.29, 1.82) is 0 Å². The topological polar surface area (TPSA) is 161 Å². The van der Waals surface area contributed by atoms with E-state index in [0.29, 0.717) is 25.2 Å². The molecule has 51 heavy (non-hydrogen) atoms. The van der Waals surface area contributed by atoms with Crippen LogP contribution in [-0.2, 0) is 46.4 Å². The highest BCUT2D eigenvalue weighted by atomic mass is 32.2. The smallest absolute Gasteiger partial charge is 0.408 e. The number of nitrogens with one attached hydrogen (secondary N) is 4. The molecule has 12 nitrogen and oxygen atoms in total. The van der Waals surface area contributed by atoms with E-state index < -0.39 is 54.0 Å². The predicted octanol–water partition coefficient (Wildman–Crippen LogP) is 4.69. The summed E-state index contributed by atoms with van der Waals surface area (Å²) in [4.78, 5) is 66.8. The van der Waals surface area contributed by atoms with Gasteiger partial charge >= 0.3 is 12.1 Å². The average Bonchev–Trinajstić information content (AvgIpc) is 3.13. The van der Waals surface area contributed by atoms with Gasteiger partial charge in [0.15, 0.2) is 0 Å². The van der Waals surface area contributed by atoms with Crippen LogP contribution in [0.5, 0.6) is 0 Å². The van der Waals surface area contributed by atoms with Gasteiger partial charge in [-0.25, -0.2) is 9.59 Å². The number of alkyl carbamates (subject to hydrolysis) is 1. The van der Waals surface area contributed by atoms with Gasteiger partial charge in [0.05, 0.1) is 13.2 Å². The number of amides is 4. The van der Waals surface area contributed by atoms with E-state index in [4.69, 9.17) is 14.2 Å². The Balaban J connectivity index is 2.25. The summed E-state index contributed by atoms with van der Waals surface area (Å²) >= 11 is 1.51. The minimum Gasteiger partial charge on any atom is -0.464 e. The number of thioether (sulfide) groups is 1. The zero-order valence-corrected chi connectivity index (χ0v) is 31.3. The van der Waals surface area contributed by atoms with Gasteiger partial charge in [-0.15, -0.1) is 0 Å². The van der Waals surface area contributed by atoms with Crippen molar-refractivity contribution in [3.8, 4) is 0 Å². The molecule has 4 N–H and O–H groups in total. The van der Waals surface area contributed by atoms with Crippen LogP contribution in [0.4, 0.5) is 4.79 Å². The van der Waals surface area contributed by atoms with Gasteiger partial charge in [0, 0.05) is 13.0 Å². The van der Waals surface area contributed by atoms with E-state index in [9.17, 15) is 24.0 Å². The fourth-order valence-corrected chi connectivity index (χ4v) is 5.34. The number of benzene rings is 2. The van der Waals surface area contributed by atoms with Crippen LogP contribution < -0.4 is 21.3 Å². The van der Waals surface area contributed by atoms with Gasteiger partial charge in [0.2, 0.25) is 17.7 Å². The number of rotatable bonds is 25. The second kappa shape index (κ2) is 25.8. The number of hydrogen-bond acceptors (Lipinski definition) is 9. The molecule has 13 heteroatoms. The number of carbonyl (C=O) groups is 5. The molecule has 4 amide bonds. The van der Waals surface area contributed by atoms with Gasteiger partial charge in [-0.2, -0.15) is 11.8 Å². The van der Waals surface area contributed by atoms with Crippen LogP contribution in [-0.4, -0.2) is 85.8 Å². The third-order valence-electron chi connectivity index (χ3n) is 7.83. The van der Waals surface area contributed by atoms with Crippen molar-refractivity contribution >= 4 is 41.5 Å². The first-order chi connectivity index (χ1) is 24.7. The molecule has 0 radical (unpaired) electrons. The standard InChI is InChI=1S/C38H56N4O8S/c1-5-8-22-48-27-33(42-38(47)50-26-29-19-14-11-15-20-29)36(45)41-32(25-28-17-12-10-13-18-28)35(44)39-30(21-24-51-4)34(43)40-31(16-7-3)37(46)49-23-9-6-2/h10-15,17-20,30-33H,5-9,16,21-27H2,1-4H3,(H,39,44)(H,40,43)(H,41,45)(H,42,47)/t30-,31-,32-,33-/m0/s1. The third-order valence-corrected chi connectivity index (χ3v) is 8.47. The highest BCUT2D eigenvalue weighted by molar-refractivity contribution is 7.98. The quantitative estimate of drug-likeness (QED) is 0.0840. The number of esters is 1. The Morgan fingerprint density at radius 1 is 0.627 bits per heavy atom. The summed E-state index contributed by atoms with van der Waals surface area (Å²) in [6.07, 6.45) is 5.72. The fraction of sp³-hybridized carbons (Fsp3) is 0.553. The van der Waals surface area contributed by atoms with E-state index >= 15 is 0 Å². The van der Waals surface area contributed by atoms with E-state index in [2.05, 4.69) is 21.3 Å². The zero-order valence-electron chi connectivity index (χ0n) is 30.4. The molecule has 2 rings (SSSR count). The minimum absolute atomic E-state index is 0.00577. The van der Waals surface area contributed by atoms with Crippen LogP contribution in [0.25, 0.3) is 0 Å². The maximum absolute atomic E-state index is 13.9. The summed E-state index contributed by atoms with van der Waals surface area (Å²) in [5, 5.41) is 11.0. The summed E-state index contributed by atoms with van der Waals surface area (Å²) in [6.45, 7) is 6.42. The van der Waals surface area contributed by atoms with Gasteiger partial charge < -0.3 is 35.5 Å². The molecule has 0 heterocycles. The summed E-state index contributed by atoms with van der Waals surface area (Å²) in [6, 6.07) is 14.2. The molecule has 0 aliphatic carbocycles. The lowest BCUT2D eigenvalue weighted by Crippen LogP contribution is -2.59. The molecule has 0 aliphatic rings. The number of hydrogen-bond donors (Lipinski definition) is 4. The molecule has 0 saturated carbocycles. The van der Waals surface area contributed by atoms with Gasteiger partial charge in [0.25, 0.3) is 0 Å². The Labute approximate surface area is 306 Å². The molecule has 0 spiro atoms. The van der Waals surface area contributed by atoms with Crippen molar-refractivity contribution in [3.63, 3.8) is 0 Å². The molecule has 2 aromatic carbocycles. The van der Waals surface area contributed by atoms with Gasteiger partial charge in [-0.05, 0) is 48.8 Å². The van der Waals surface area contributed by atoms with Crippen LogP contribution in [0.2, 0.25) is 0 Å². The molecule has 0 unspecified atom stereocenters. The molecule has 2 aromatic rings. The Hall–Kier alpha value is -4.10. The van der Waals surface area contributed by atoms with Crippen molar-refractivity contribution in [2.24, 2.45) is 0 Å². The SMILES string of the molecule is CCCCOC[C@H](NC(=O)OCc1ccccc1)C(=O)N[C@@H](Cc1ccccc1)C(=O)N[C@@H](CCSC)C(=O)N[C@@H](CCC)C(=O)OCCCC. The zero-order chi connectivity index (χ0) is 37.3. The number of ether oxygens (including phenoxy) is 3. The Bertz CT molecular complexity index is 1320. The first kappa shape index (κ1) is 43.1. The van der Waals surface area contributed by atoms with Crippen molar-refractivity contribution in [2.45, 2.75) is 103 Å². The largest absolute Gasteiger partial charge is 0.464 e. The minimum atomic E-state index is -1.17. The van der Waals surface area contributed by atoms with Crippen LogP contribution >= 0.6 is 11.8 Å². The third kappa shape index (κ3) is 17.6. The Morgan fingerprint density at radius 3 is 1.82 bits per heavy atom. The van der Waals surface area contributed by atoms with E-state index in [1.54, 1.807) is 0 Å². The summed E-state index contributed by atoms with van der Waals surface area (Å²) in [5.74, 6) is -1.71. The summed E-state index contributed by atoms with van der Waals surface area (Å²) in [5.41, 5.74) is 1.55. The molecule has 4 atom stereocenters. The van der Waals surface area contributed by atoms with Crippen molar-refractivity contribution in [2.75, 3.05) is 31.8 Å². The number of carbonyl (C=O) groups excluding carboxylic acids is 5. The Kier molecular flexibility index (Phi) is 21.8. The summed E-state index contributed by atoms with van der Waals surface area (Å²) < 4.78 is 16.4. The maximum atomic E-state index is 13.9. The number of unbranched alkanes of at least 4 members (excludes halogenated alkanes) is 2. The van der Waals surface area contributed by atoms with E-state index in [0.717, 1.165) is 36.8 Å². The molecule has 0 bridgehead atoms.